The number of rotatable bonds is 1. The monoisotopic (exact) mass is 208 g/mol. The summed E-state index contributed by atoms with van der Waals surface area (Å²) in [7, 11) is -4.30. The molecule has 0 spiro atoms. The van der Waals surface area contributed by atoms with E-state index in [1.165, 1.54) is 6.07 Å². The molecule has 0 atom stereocenters. The van der Waals surface area contributed by atoms with Gasteiger partial charge in [-0.25, -0.2) is 4.98 Å². The van der Waals surface area contributed by atoms with Gasteiger partial charge in [-0.15, -0.1) is 0 Å². The van der Waals surface area contributed by atoms with Crippen molar-refractivity contribution in [1.82, 2.24) is 4.98 Å². The van der Waals surface area contributed by atoms with Gasteiger partial charge in [0, 0.05) is 6.20 Å². The van der Waals surface area contributed by atoms with Gasteiger partial charge < -0.3 is 0 Å². The van der Waals surface area contributed by atoms with E-state index in [1.54, 1.807) is 6.07 Å². The van der Waals surface area contributed by atoms with Crippen molar-refractivity contribution >= 4 is 39.7 Å². The molecule has 0 saturated carbocycles. The van der Waals surface area contributed by atoms with Crippen LogP contribution in [-0.2, 0) is 10.1 Å². The summed E-state index contributed by atoms with van der Waals surface area (Å²) < 4.78 is 29.5. The molecule has 0 aliphatic rings. The summed E-state index contributed by atoms with van der Waals surface area (Å²) >= 11 is 0. The molecule has 1 heterocycles. The molecule has 1 aromatic heterocycles. The number of nitriles is 1. The van der Waals surface area contributed by atoms with Crippen molar-refractivity contribution in [3.8, 4) is 6.07 Å². The number of pyridine rings is 1. The maximum atomic E-state index is 10.5. The van der Waals surface area contributed by atoms with Gasteiger partial charge in [0.25, 0.3) is 0 Å². The van der Waals surface area contributed by atoms with Gasteiger partial charge in [0.05, 0.1) is 11.6 Å². The molecule has 0 aliphatic carbocycles. The normalized spacial score (nSPS) is 9.85. The molecule has 5 nitrogen and oxygen atoms in total. The number of nitrogens with zero attached hydrogens (tertiary/aromatic N) is 2. The van der Waals surface area contributed by atoms with Gasteiger partial charge in [-0.05, 0) is 12.1 Å². The summed E-state index contributed by atoms with van der Waals surface area (Å²) in [5.41, 5.74) is 0.137. The van der Waals surface area contributed by atoms with Crippen LogP contribution in [0.5, 0.6) is 0 Å². The fraction of sp³-hybridized carbons (Fsp3) is 0. The first-order chi connectivity index (χ1) is 5.54. The molecule has 0 unspecified atom stereocenters. The van der Waals surface area contributed by atoms with Crippen LogP contribution in [0.2, 0.25) is 0 Å². The second-order valence-corrected chi connectivity index (χ2v) is 3.34. The molecule has 0 aliphatic heterocycles. The number of hydrogen-bond acceptors (Lipinski definition) is 4. The van der Waals surface area contributed by atoms with Gasteiger partial charge in [-0.1, -0.05) is 0 Å². The summed E-state index contributed by atoms with van der Waals surface area (Å²) in [6.07, 6.45) is 1.14. The van der Waals surface area contributed by atoms with E-state index < -0.39 is 15.1 Å². The zero-order chi connectivity index (χ0) is 9.19. The van der Waals surface area contributed by atoms with Crippen LogP contribution >= 0.6 is 0 Å². The Morgan fingerprint density at radius 1 is 1.54 bits per heavy atom. The molecule has 1 N–H and O–H groups in total. The first-order valence-corrected chi connectivity index (χ1v) is 4.31. The van der Waals surface area contributed by atoms with E-state index in [0.29, 0.717) is 0 Å². The van der Waals surface area contributed by atoms with Gasteiger partial charge in [0.15, 0.2) is 5.03 Å². The van der Waals surface area contributed by atoms with Crippen LogP contribution in [0, 0.1) is 11.3 Å². The Hall–Kier alpha value is -0.450. The molecule has 0 aromatic carbocycles. The fourth-order valence-corrected chi connectivity index (χ4v) is 1.09. The van der Waals surface area contributed by atoms with E-state index >= 15 is 0 Å². The van der Waals surface area contributed by atoms with Crippen molar-refractivity contribution in [2.24, 2.45) is 0 Å². The minimum atomic E-state index is -4.30. The van der Waals surface area contributed by atoms with Crippen molar-refractivity contribution < 1.29 is 13.0 Å². The standard InChI is InChI=1S/C6H4N2O3S.Na.H/c7-4-5-1-2-8-6(3-5)12(9,10)11;;/h1-3H,(H,9,10,11);;. The van der Waals surface area contributed by atoms with Crippen LogP contribution in [0.15, 0.2) is 23.4 Å². The summed E-state index contributed by atoms with van der Waals surface area (Å²) in [5, 5.41) is 7.86. The van der Waals surface area contributed by atoms with Crippen LogP contribution in [0.4, 0.5) is 0 Å². The van der Waals surface area contributed by atoms with Crippen LogP contribution < -0.4 is 0 Å². The minimum absolute atomic E-state index is 0. The van der Waals surface area contributed by atoms with E-state index in [2.05, 4.69) is 4.98 Å². The van der Waals surface area contributed by atoms with Crippen LogP contribution in [0.3, 0.4) is 0 Å². The van der Waals surface area contributed by atoms with Crippen LogP contribution in [-0.4, -0.2) is 47.5 Å². The van der Waals surface area contributed by atoms with Crippen molar-refractivity contribution in [1.29, 1.82) is 5.26 Å². The maximum absolute atomic E-state index is 10.5. The Morgan fingerprint density at radius 2 is 2.15 bits per heavy atom. The summed E-state index contributed by atoms with van der Waals surface area (Å²) in [4.78, 5) is 3.37. The zero-order valence-electron chi connectivity index (χ0n) is 5.80. The molecule has 64 valence electrons. The molecular formula is C6H5N2NaO3S. The van der Waals surface area contributed by atoms with Gasteiger partial charge >= 0.3 is 39.7 Å². The third-order valence-corrected chi connectivity index (χ3v) is 1.88. The Kier molecular flexibility index (Phi) is 4.53. The summed E-state index contributed by atoms with van der Waals surface area (Å²) in [6.45, 7) is 0. The predicted octanol–water partition coefficient (Wildman–Crippen LogP) is -0.449. The molecule has 13 heavy (non-hydrogen) atoms. The van der Waals surface area contributed by atoms with Gasteiger partial charge in [-0.3, -0.25) is 4.55 Å². The zero-order valence-corrected chi connectivity index (χ0v) is 6.61. The Balaban J connectivity index is 0.00000144. The molecule has 0 fully saturated rings. The van der Waals surface area contributed by atoms with Gasteiger partial charge in [-0.2, -0.15) is 13.7 Å². The first-order valence-electron chi connectivity index (χ1n) is 2.87. The molecule has 7 heteroatoms. The molecule has 0 saturated heterocycles. The van der Waals surface area contributed by atoms with E-state index in [1.807, 2.05) is 0 Å². The SMILES string of the molecule is N#Cc1ccnc(S(=O)(=O)O)c1.[NaH]. The van der Waals surface area contributed by atoms with Crippen molar-refractivity contribution in [3.05, 3.63) is 23.9 Å². The Bertz CT molecular complexity index is 437. The van der Waals surface area contributed by atoms with Crippen LogP contribution in [0.1, 0.15) is 5.56 Å². The third kappa shape index (κ3) is 3.42. The Morgan fingerprint density at radius 3 is 2.62 bits per heavy atom. The fourth-order valence-electron chi connectivity index (χ4n) is 0.620. The van der Waals surface area contributed by atoms with Gasteiger partial charge in [0.1, 0.15) is 0 Å². The number of aromatic nitrogens is 1. The van der Waals surface area contributed by atoms with Crippen molar-refractivity contribution in [3.63, 3.8) is 0 Å². The average molecular weight is 208 g/mol. The molecule has 0 radical (unpaired) electrons. The van der Waals surface area contributed by atoms with Crippen molar-refractivity contribution in [2.75, 3.05) is 0 Å². The first kappa shape index (κ1) is 12.6. The quantitative estimate of drug-likeness (QED) is 0.498. The Labute approximate surface area is 97.5 Å². The van der Waals surface area contributed by atoms with Crippen LogP contribution in [0.25, 0.3) is 0 Å². The van der Waals surface area contributed by atoms with E-state index in [-0.39, 0.29) is 35.1 Å². The third-order valence-electron chi connectivity index (χ3n) is 1.13. The van der Waals surface area contributed by atoms with E-state index in [9.17, 15) is 8.42 Å². The second-order valence-electron chi connectivity index (χ2n) is 1.97. The van der Waals surface area contributed by atoms with Gasteiger partial charge in [0.2, 0.25) is 0 Å². The summed E-state index contributed by atoms with van der Waals surface area (Å²) in [6, 6.07) is 4.06. The molecule has 0 amide bonds. The van der Waals surface area contributed by atoms with Crippen molar-refractivity contribution in [2.45, 2.75) is 5.03 Å². The van der Waals surface area contributed by atoms with E-state index in [4.69, 9.17) is 9.81 Å². The topological polar surface area (TPSA) is 91.0 Å². The average Bonchev–Trinajstić information content (AvgIpc) is 2.03. The molecule has 1 aromatic rings. The predicted molar refractivity (Wildman–Crippen MR) is 45.9 cm³/mol. The second kappa shape index (κ2) is 4.69. The molecular weight excluding hydrogens is 203 g/mol. The van der Waals surface area contributed by atoms with E-state index in [0.717, 1.165) is 12.3 Å². The molecule has 1 rings (SSSR count). The summed E-state index contributed by atoms with van der Waals surface area (Å²) in [5.74, 6) is 0. The molecule has 0 bridgehead atoms. The number of hydrogen-bond donors (Lipinski definition) is 1.